The van der Waals surface area contributed by atoms with E-state index >= 15 is 0 Å². The minimum absolute atomic E-state index is 0.0982. The smallest absolute Gasteiger partial charge is 0.334 e. The molecule has 7 nitrogen and oxygen atoms in total. The monoisotopic (exact) mass is 241 g/mol. The van der Waals surface area contributed by atoms with Gasteiger partial charge < -0.3 is 15.2 Å². The van der Waals surface area contributed by atoms with Crippen molar-refractivity contribution in [3.63, 3.8) is 0 Å². The largest absolute Gasteiger partial charge is 0.479 e. The Balaban J connectivity index is 2.52. The molecule has 1 aromatic heterocycles. The summed E-state index contributed by atoms with van der Waals surface area (Å²) in [5.74, 6) is -1.55. The van der Waals surface area contributed by atoms with Crippen LogP contribution in [0.2, 0.25) is 0 Å². The van der Waals surface area contributed by atoms with Gasteiger partial charge in [0.2, 0.25) is 0 Å². The lowest BCUT2D eigenvalue weighted by Crippen LogP contribution is -2.37. The Morgan fingerprint density at radius 2 is 2.35 bits per heavy atom. The Morgan fingerprint density at radius 1 is 1.65 bits per heavy atom. The van der Waals surface area contributed by atoms with Crippen LogP contribution in [0.5, 0.6) is 0 Å². The highest BCUT2D eigenvalue weighted by Crippen LogP contribution is 2.00. The van der Waals surface area contributed by atoms with Crippen molar-refractivity contribution >= 4 is 11.9 Å². The molecule has 1 amide bonds. The maximum absolute atomic E-state index is 11.6. The van der Waals surface area contributed by atoms with E-state index in [0.29, 0.717) is 0 Å². The Morgan fingerprint density at radius 3 is 2.82 bits per heavy atom. The molecule has 94 valence electrons. The topological polar surface area (TPSA) is 104 Å². The molecular weight excluding hydrogens is 226 g/mol. The first-order valence-corrected chi connectivity index (χ1v) is 5.16. The predicted molar refractivity (Wildman–Crippen MR) is 58.7 cm³/mol. The molecule has 0 aliphatic heterocycles. The highest BCUT2D eigenvalue weighted by atomic mass is 16.5. The Hall–Kier alpha value is -1.89. The number of aromatic amines is 1. The SMILES string of the molecule is CCc1cc(C(=O)NCC(OC)C(=O)O)n[nH]1. The van der Waals surface area contributed by atoms with E-state index < -0.39 is 18.0 Å². The number of H-pyrrole nitrogens is 1. The molecule has 0 fully saturated rings. The number of carbonyl (C=O) groups is 2. The zero-order valence-electron chi connectivity index (χ0n) is 9.69. The summed E-state index contributed by atoms with van der Waals surface area (Å²) in [6.07, 6.45) is -0.306. The first kappa shape index (κ1) is 13.2. The number of rotatable bonds is 6. The molecule has 3 N–H and O–H groups in total. The molecule has 17 heavy (non-hydrogen) atoms. The second kappa shape index (κ2) is 6.00. The molecule has 1 atom stereocenters. The van der Waals surface area contributed by atoms with Crippen LogP contribution in [0.25, 0.3) is 0 Å². The fourth-order valence-electron chi connectivity index (χ4n) is 1.21. The van der Waals surface area contributed by atoms with Crippen LogP contribution in [-0.4, -0.2) is 46.9 Å². The van der Waals surface area contributed by atoms with Crippen molar-refractivity contribution in [1.82, 2.24) is 15.5 Å². The zero-order valence-corrected chi connectivity index (χ0v) is 9.69. The van der Waals surface area contributed by atoms with Gasteiger partial charge in [-0.25, -0.2) is 4.79 Å². The minimum atomic E-state index is -1.12. The maximum Gasteiger partial charge on any atom is 0.334 e. The van der Waals surface area contributed by atoms with Crippen molar-refractivity contribution in [2.24, 2.45) is 0 Å². The molecule has 0 saturated carbocycles. The number of carbonyl (C=O) groups excluding carboxylic acids is 1. The molecule has 7 heteroatoms. The fourth-order valence-corrected chi connectivity index (χ4v) is 1.21. The van der Waals surface area contributed by atoms with Crippen LogP contribution < -0.4 is 5.32 Å². The van der Waals surface area contributed by atoms with Gasteiger partial charge in [0.1, 0.15) is 5.69 Å². The number of nitrogens with zero attached hydrogens (tertiary/aromatic N) is 1. The number of hydrogen-bond donors (Lipinski definition) is 3. The molecule has 0 aliphatic carbocycles. The fraction of sp³-hybridized carbons (Fsp3) is 0.500. The first-order chi connectivity index (χ1) is 8.08. The number of aliphatic carboxylic acids is 1. The Labute approximate surface area is 98.2 Å². The first-order valence-electron chi connectivity index (χ1n) is 5.16. The van der Waals surface area contributed by atoms with Crippen molar-refractivity contribution in [3.05, 3.63) is 17.5 Å². The quantitative estimate of drug-likeness (QED) is 0.640. The summed E-state index contributed by atoms with van der Waals surface area (Å²) in [6, 6.07) is 1.62. The van der Waals surface area contributed by atoms with Crippen LogP contribution >= 0.6 is 0 Å². The van der Waals surface area contributed by atoms with Crippen molar-refractivity contribution in [3.8, 4) is 0 Å². The third-order valence-electron chi connectivity index (χ3n) is 2.25. The summed E-state index contributed by atoms with van der Waals surface area (Å²) >= 11 is 0. The lowest BCUT2D eigenvalue weighted by Gasteiger charge is -2.10. The number of nitrogens with one attached hydrogen (secondary N) is 2. The molecule has 0 radical (unpaired) electrons. The van der Waals surface area contributed by atoms with Crippen molar-refractivity contribution in [2.45, 2.75) is 19.4 Å². The van der Waals surface area contributed by atoms with Gasteiger partial charge in [0.25, 0.3) is 5.91 Å². The van der Waals surface area contributed by atoms with Crippen molar-refractivity contribution in [2.75, 3.05) is 13.7 Å². The second-order valence-corrected chi connectivity index (χ2v) is 3.40. The van der Waals surface area contributed by atoms with E-state index in [9.17, 15) is 9.59 Å². The summed E-state index contributed by atoms with van der Waals surface area (Å²) < 4.78 is 4.68. The average molecular weight is 241 g/mol. The molecule has 1 heterocycles. The van der Waals surface area contributed by atoms with Gasteiger partial charge in [-0.1, -0.05) is 6.92 Å². The lowest BCUT2D eigenvalue weighted by atomic mass is 10.3. The van der Waals surface area contributed by atoms with Gasteiger partial charge in [0, 0.05) is 12.8 Å². The number of amides is 1. The molecule has 0 bridgehead atoms. The highest BCUT2D eigenvalue weighted by molar-refractivity contribution is 5.92. The number of ether oxygens (including phenoxy) is 1. The van der Waals surface area contributed by atoms with Crippen LogP contribution in [0.1, 0.15) is 23.1 Å². The summed E-state index contributed by atoms with van der Waals surface area (Å²) in [5, 5.41) is 17.7. The number of hydrogen-bond acceptors (Lipinski definition) is 4. The number of aryl methyl sites for hydroxylation is 1. The van der Waals surface area contributed by atoms with Gasteiger partial charge in [-0.3, -0.25) is 9.89 Å². The summed E-state index contributed by atoms with van der Waals surface area (Å²) in [4.78, 5) is 22.2. The molecule has 0 aromatic carbocycles. The van der Waals surface area contributed by atoms with E-state index in [-0.39, 0.29) is 12.2 Å². The van der Waals surface area contributed by atoms with E-state index in [0.717, 1.165) is 12.1 Å². The summed E-state index contributed by atoms with van der Waals surface area (Å²) in [6.45, 7) is 1.83. The molecule has 0 spiro atoms. The van der Waals surface area contributed by atoms with E-state index in [2.05, 4.69) is 20.3 Å². The van der Waals surface area contributed by atoms with Gasteiger partial charge in [-0.05, 0) is 12.5 Å². The minimum Gasteiger partial charge on any atom is -0.479 e. The molecule has 1 unspecified atom stereocenters. The molecular formula is C10H15N3O4. The second-order valence-electron chi connectivity index (χ2n) is 3.40. The average Bonchev–Trinajstić information content (AvgIpc) is 2.77. The Kier molecular flexibility index (Phi) is 4.65. The molecule has 0 aliphatic rings. The van der Waals surface area contributed by atoms with E-state index in [1.807, 2.05) is 6.92 Å². The lowest BCUT2D eigenvalue weighted by molar-refractivity contribution is -0.148. The summed E-state index contributed by atoms with van der Waals surface area (Å²) in [5.41, 5.74) is 1.08. The highest BCUT2D eigenvalue weighted by Gasteiger charge is 2.18. The normalized spacial score (nSPS) is 12.1. The van der Waals surface area contributed by atoms with E-state index in [4.69, 9.17) is 5.11 Å². The number of carboxylic acid groups (broad SMARTS) is 1. The van der Waals surface area contributed by atoms with Crippen LogP contribution in [0.15, 0.2) is 6.07 Å². The van der Waals surface area contributed by atoms with Gasteiger partial charge in [-0.2, -0.15) is 5.10 Å². The third kappa shape index (κ3) is 3.56. The van der Waals surface area contributed by atoms with E-state index in [1.165, 1.54) is 7.11 Å². The maximum atomic E-state index is 11.6. The standard InChI is InChI=1S/C10H15N3O4/c1-3-6-4-7(13-12-6)9(14)11-5-8(17-2)10(15)16/h4,8H,3,5H2,1-2H3,(H,11,14)(H,12,13)(H,15,16). The van der Waals surface area contributed by atoms with Crippen LogP contribution in [-0.2, 0) is 16.0 Å². The van der Waals surface area contributed by atoms with Crippen LogP contribution in [0.3, 0.4) is 0 Å². The molecule has 1 aromatic rings. The van der Waals surface area contributed by atoms with Crippen LogP contribution in [0.4, 0.5) is 0 Å². The predicted octanol–water partition coefficient (Wildman–Crippen LogP) is -0.199. The number of carboxylic acids is 1. The Bertz CT molecular complexity index is 402. The van der Waals surface area contributed by atoms with Gasteiger partial charge in [0.15, 0.2) is 6.10 Å². The van der Waals surface area contributed by atoms with Crippen LogP contribution in [0, 0.1) is 0 Å². The summed E-state index contributed by atoms with van der Waals surface area (Å²) in [7, 11) is 1.27. The van der Waals surface area contributed by atoms with Gasteiger partial charge >= 0.3 is 5.97 Å². The van der Waals surface area contributed by atoms with E-state index in [1.54, 1.807) is 6.07 Å². The van der Waals surface area contributed by atoms with Crippen molar-refractivity contribution < 1.29 is 19.4 Å². The van der Waals surface area contributed by atoms with Gasteiger partial charge in [0.05, 0.1) is 6.54 Å². The third-order valence-corrected chi connectivity index (χ3v) is 2.25. The van der Waals surface area contributed by atoms with Gasteiger partial charge in [-0.15, -0.1) is 0 Å². The number of aromatic nitrogens is 2. The number of methoxy groups -OCH3 is 1. The zero-order chi connectivity index (χ0) is 12.8. The molecule has 0 saturated heterocycles. The van der Waals surface area contributed by atoms with Crippen molar-refractivity contribution in [1.29, 1.82) is 0 Å². The molecule has 1 rings (SSSR count).